The van der Waals surface area contributed by atoms with Gasteiger partial charge in [-0.15, -0.1) is 11.3 Å². The Balaban J connectivity index is 2.99. The number of hydrogen-bond donors (Lipinski definition) is 1. The monoisotopic (exact) mass is 250 g/mol. The fraction of sp³-hybridized carbons (Fsp3) is 0.167. The van der Waals surface area contributed by atoms with E-state index in [1.54, 1.807) is 6.07 Å². The van der Waals surface area contributed by atoms with E-state index >= 15 is 0 Å². The zero-order valence-corrected chi connectivity index (χ0v) is 8.50. The highest BCUT2D eigenvalue weighted by Gasteiger charge is 2.10. The van der Waals surface area contributed by atoms with Gasteiger partial charge in [0, 0.05) is 9.35 Å². The highest BCUT2D eigenvalue weighted by molar-refractivity contribution is 9.10. The van der Waals surface area contributed by atoms with Crippen LogP contribution in [0.15, 0.2) is 10.5 Å². The van der Waals surface area contributed by atoms with E-state index in [-0.39, 0.29) is 0 Å². The second-order valence-corrected chi connectivity index (χ2v) is 4.42. The molecule has 0 radical (unpaired) electrons. The fourth-order valence-electron chi connectivity index (χ4n) is 0.580. The summed E-state index contributed by atoms with van der Waals surface area (Å²) in [4.78, 5) is 0.782. The van der Waals surface area contributed by atoms with Gasteiger partial charge in [-0.1, -0.05) is 11.6 Å². The smallest absolute Gasteiger partial charge is 0.128 e. The molecule has 0 spiro atoms. The van der Waals surface area contributed by atoms with Crippen molar-refractivity contribution in [3.63, 3.8) is 0 Å². The van der Waals surface area contributed by atoms with Gasteiger partial charge in [0.2, 0.25) is 0 Å². The van der Waals surface area contributed by atoms with Crippen LogP contribution in [0.2, 0.25) is 4.34 Å². The summed E-state index contributed by atoms with van der Waals surface area (Å²) in [6.45, 7) is 0. The van der Waals surface area contributed by atoms with Gasteiger partial charge in [-0.2, -0.15) is 5.26 Å². The molecule has 0 aliphatic rings. The third kappa shape index (κ3) is 1.94. The summed E-state index contributed by atoms with van der Waals surface area (Å²) in [6.07, 6.45) is 0. The van der Waals surface area contributed by atoms with E-state index in [0.717, 1.165) is 9.35 Å². The lowest BCUT2D eigenvalue weighted by Crippen LogP contribution is -2.04. The van der Waals surface area contributed by atoms with Gasteiger partial charge in [0.1, 0.15) is 10.4 Å². The Bertz CT molecular complexity index is 285. The van der Waals surface area contributed by atoms with E-state index in [0.29, 0.717) is 4.34 Å². The predicted molar refractivity (Wildman–Crippen MR) is 49.6 cm³/mol. The zero-order chi connectivity index (χ0) is 8.43. The molecule has 1 atom stereocenters. The van der Waals surface area contributed by atoms with Crippen LogP contribution in [0.25, 0.3) is 0 Å². The van der Waals surface area contributed by atoms with Gasteiger partial charge in [0.25, 0.3) is 0 Å². The average molecular weight is 252 g/mol. The number of nitriles is 1. The van der Waals surface area contributed by atoms with Crippen LogP contribution in [0.4, 0.5) is 0 Å². The van der Waals surface area contributed by atoms with Crippen molar-refractivity contribution in [2.75, 3.05) is 0 Å². The number of halogens is 2. The van der Waals surface area contributed by atoms with Crippen molar-refractivity contribution < 1.29 is 0 Å². The van der Waals surface area contributed by atoms with Crippen LogP contribution in [-0.4, -0.2) is 0 Å². The van der Waals surface area contributed by atoms with Crippen LogP contribution in [0.5, 0.6) is 0 Å². The molecule has 0 bridgehead atoms. The molecule has 1 aromatic rings. The highest BCUT2D eigenvalue weighted by atomic mass is 79.9. The first-order chi connectivity index (χ1) is 5.15. The summed E-state index contributed by atoms with van der Waals surface area (Å²) >= 11 is 10.3. The molecular weight excluding hydrogens is 248 g/mol. The van der Waals surface area contributed by atoms with Gasteiger partial charge in [-0.25, -0.2) is 0 Å². The Morgan fingerprint density at radius 1 is 1.82 bits per heavy atom. The van der Waals surface area contributed by atoms with Crippen LogP contribution in [-0.2, 0) is 0 Å². The van der Waals surface area contributed by atoms with Crippen LogP contribution in [0, 0.1) is 11.3 Å². The molecule has 5 heteroatoms. The lowest BCUT2D eigenvalue weighted by atomic mass is 10.3. The van der Waals surface area contributed by atoms with E-state index in [9.17, 15) is 0 Å². The van der Waals surface area contributed by atoms with E-state index in [4.69, 9.17) is 22.6 Å². The second-order valence-electron chi connectivity index (χ2n) is 1.88. The van der Waals surface area contributed by atoms with Gasteiger partial charge in [0.15, 0.2) is 0 Å². The van der Waals surface area contributed by atoms with Crippen molar-refractivity contribution in [3.05, 3.63) is 19.8 Å². The minimum absolute atomic E-state index is 0.566. The fourth-order valence-corrected chi connectivity index (χ4v) is 2.26. The molecule has 0 saturated heterocycles. The Hall–Kier alpha value is -0.0800. The predicted octanol–water partition coefficient (Wildman–Crippen LogP) is 2.69. The topological polar surface area (TPSA) is 49.8 Å². The quantitative estimate of drug-likeness (QED) is 0.834. The molecule has 0 fully saturated rings. The zero-order valence-electron chi connectivity index (χ0n) is 5.34. The summed E-state index contributed by atoms with van der Waals surface area (Å²) in [5.74, 6) is 0. The molecule has 0 saturated carbocycles. The normalized spacial score (nSPS) is 12.5. The molecule has 1 rings (SSSR count). The maximum absolute atomic E-state index is 8.46. The third-order valence-electron chi connectivity index (χ3n) is 1.11. The number of nitrogens with two attached hydrogens (primary N) is 1. The lowest BCUT2D eigenvalue weighted by molar-refractivity contribution is 0.951. The molecule has 1 unspecified atom stereocenters. The highest BCUT2D eigenvalue weighted by Crippen LogP contribution is 2.34. The number of nitrogens with zero attached hydrogens (tertiary/aromatic N) is 1. The summed E-state index contributed by atoms with van der Waals surface area (Å²) in [5.41, 5.74) is 5.45. The van der Waals surface area contributed by atoms with Crippen molar-refractivity contribution in [1.29, 1.82) is 5.26 Å². The van der Waals surface area contributed by atoms with E-state index < -0.39 is 6.04 Å². The van der Waals surface area contributed by atoms with Crippen molar-refractivity contribution in [2.45, 2.75) is 6.04 Å². The van der Waals surface area contributed by atoms with E-state index in [1.807, 2.05) is 6.07 Å². The third-order valence-corrected chi connectivity index (χ3v) is 3.67. The summed E-state index contributed by atoms with van der Waals surface area (Å²) in [7, 11) is 0. The maximum Gasteiger partial charge on any atom is 0.128 e. The summed E-state index contributed by atoms with van der Waals surface area (Å²) < 4.78 is 1.43. The van der Waals surface area contributed by atoms with Gasteiger partial charge in [-0.3, -0.25) is 0 Å². The summed E-state index contributed by atoms with van der Waals surface area (Å²) in [5, 5.41) is 8.46. The first-order valence-corrected chi connectivity index (χ1v) is 4.74. The largest absolute Gasteiger partial charge is 0.312 e. The SMILES string of the molecule is N#CC(N)c1cc(Br)c(Cl)s1. The second kappa shape index (κ2) is 3.55. The van der Waals surface area contributed by atoms with Gasteiger partial charge >= 0.3 is 0 Å². The summed E-state index contributed by atoms with van der Waals surface area (Å²) in [6, 6.07) is 3.13. The Morgan fingerprint density at radius 2 is 2.45 bits per heavy atom. The van der Waals surface area contributed by atoms with E-state index in [2.05, 4.69) is 15.9 Å². The molecule has 2 N–H and O–H groups in total. The Labute approximate surface area is 81.7 Å². The van der Waals surface area contributed by atoms with Crippen LogP contribution in [0.3, 0.4) is 0 Å². The standard InChI is InChI=1S/C6H4BrClN2S/c7-3-1-5(4(10)2-9)11-6(3)8/h1,4H,10H2. The lowest BCUT2D eigenvalue weighted by Gasteiger charge is -1.93. The van der Waals surface area contributed by atoms with Crippen molar-refractivity contribution in [2.24, 2.45) is 5.73 Å². The molecular formula is C6H4BrClN2S. The molecule has 0 aromatic carbocycles. The molecule has 0 aliphatic heterocycles. The maximum atomic E-state index is 8.46. The van der Waals surface area contributed by atoms with Crippen LogP contribution in [0.1, 0.15) is 10.9 Å². The molecule has 2 nitrogen and oxygen atoms in total. The molecule has 11 heavy (non-hydrogen) atoms. The molecule has 1 aromatic heterocycles. The van der Waals surface area contributed by atoms with Gasteiger partial charge < -0.3 is 5.73 Å². The Kier molecular flexibility index (Phi) is 2.90. The first kappa shape index (κ1) is 9.01. The minimum Gasteiger partial charge on any atom is -0.312 e. The van der Waals surface area contributed by atoms with E-state index in [1.165, 1.54) is 11.3 Å². The molecule has 0 amide bonds. The molecule has 1 heterocycles. The molecule has 58 valence electrons. The number of hydrogen-bond acceptors (Lipinski definition) is 3. The van der Waals surface area contributed by atoms with Crippen molar-refractivity contribution >= 4 is 38.9 Å². The number of thiophene rings is 1. The van der Waals surface area contributed by atoms with Crippen molar-refractivity contribution in [3.8, 4) is 6.07 Å². The van der Waals surface area contributed by atoms with Crippen molar-refractivity contribution in [1.82, 2.24) is 0 Å². The van der Waals surface area contributed by atoms with Gasteiger partial charge in [-0.05, 0) is 22.0 Å². The van der Waals surface area contributed by atoms with Crippen LogP contribution >= 0.6 is 38.9 Å². The number of rotatable bonds is 1. The van der Waals surface area contributed by atoms with Gasteiger partial charge in [0.05, 0.1) is 6.07 Å². The van der Waals surface area contributed by atoms with Crippen LogP contribution < -0.4 is 5.73 Å². The molecule has 0 aliphatic carbocycles. The average Bonchev–Trinajstić information content (AvgIpc) is 2.31. The Morgan fingerprint density at radius 3 is 2.82 bits per heavy atom. The minimum atomic E-state index is -0.566. The first-order valence-electron chi connectivity index (χ1n) is 2.75.